The zero-order valence-electron chi connectivity index (χ0n) is 8.56. The quantitative estimate of drug-likeness (QED) is 0.780. The molecular formula is C10H11F3N2O. The lowest BCUT2D eigenvalue weighted by Gasteiger charge is -2.11. The summed E-state index contributed by atoms with van der Waals surface area (Å²) in [6, 6.07) is 0.245. The van der Waals surface area contributed by atoms with Crippen LogP contribution in [0.2, 0.25) is 0 Å². The largest absolute Gasteiger partial charge is 0.322 e. The molecule has 0 spiro atoms. The van der Waals surface area contributed by atoms with Gasteiger partial charge >= 0.3 is 0 Å². The van der Waals surface area contributed by atoms with Crippen molar-refractivity contribution in [2.24, 2.45) is 5.73 Å². The van der Waals surface area contributed by atoms with Gasteiger partial charge in [0.05, 0.1) is 11.7 Å². The molecule has 1 atom stereocenters. The summed E-state index contributed by atoms with van der Waals surface area (Å²) in [5.41, 5.74) is 4.82. The fraction of sp³-hybridized carbons (Fsp3) is 0.300. The van der Waals surface area contributed by atoms with Gasteiger partial charge in [0, 0.05) is 12.1 Å². The summed E-state index contributed by atoms with van der Waals surface area (Å²) in [6.45, 7) is 1.66. The van der Waals surface area contributed by atoms with Crippen molar-refractivity contribution < 1.29 is 18.0 Å². The third-order valence-electron chi connectivity index (χ3n) is 2.03. The molecule has 3 N–H and O–H groups in total. The maximum absolute atomic E-state index is 13.1. The number of hydrogen-bond acceptors (Lipinski definition) is 2. The van der Waals surface area contributed by atoms with Gasteiger partial charge in [-0.05, 0) is 6.42 Å². The van der Waals surface area contributed by atoms with E-state index in [0.29, 0.717) is 18.6 Å². The standard InChI is InChI=1S/C10H11F3N2O/c1-2-7(14)10(16)15-8-4-5(11)3-6(12)9(8)13/h3-4,7H,2,14H2,1H3,(H,15,16). The van der Waals surface area contributed by atoms with E-state index in [-0.39, 0.29) is 0 Å². The third-order valence-corrected chi connectivity index (χ3v) is 2.03. The van der Waals surface area contributed by atoms with E-state index in [4.69, 9.17) is 5.73 Å². The maximum atomic E-state index is 13.1. The van der Waals surface area contributed by atoms with E-state index in [9.17, 15) is 18.0 Å². The van der Waals surface area contributed by atoms with Crippen molar-refractivity contribution in [2.45, 2.75) is 19.4 Å². The van der Waals surface area contributed by atoms with Crippen molar-refractivity contribution in [1.29, 1.82) is 0 Å². The summed E-state index contributed by atoms with van der Waals surface area (Å²) in [5, 5.41) is 2.02. The second-order valence-corrected chi connectivity index (χ2v) is 3.25. The highest BCUT2D eigenvalue weighted by molar-refractivity contribution is 5.94. The molecule has 1 rings (SSSR count). The minimum Gasteiger partial charge on any atom is -0.322 e. The number of anilines is 1. The number of nitrogens with two attached hydrogens (primary N) is 1. The van der Waals surface area contributed by atoms with Crippen LogP contribution in [0.3, 0.4) is 0 Å². The number of nitrogens with one attached hydrogen (secondary N) is 1. The monoisotopic (exact) mass is 232 g/mol. The SMILES string of the molecule is CCC(N)C(=O)Nc1cc(F)cc(F)c1F. The molecular weight excluding hydrogens is 221 g/mol. The normalized spacial score (nSPS) is 12.3. The minimum atomic E-state index is -1.36. The zero-order valence-corrected chi connectivity index (χ0v) is 8.56. The Kier molecular flexibility index (Phi) is 3.89. The first kappa shape index (κ1) is 12.5. The molecule has 0 aromatic heterocycles. The Balaban J connectivity index is 2.93. The molecule has 6 heteroatoms. The van der Waals surface area contributed by atoms with Crippen molar-refractivity contribution >= 4 is 11.6 Å². The lowest BCUT2D eigenvalue weighted by molar-refractivity contribution is -0.117. The maximum Gasteiger partial charge on any atom is 0.241 e. The predicted molar refractivity (Wildman–Crippen MR) is 53.2 cm³/mol. The average molecular weight is 232 g/mol. The van der Waals surface area contributed by atoms with Crippen LogP contribution in [0.5, 0.6) is 0 Å². The number of hydrogen-bond donors (Lipinski definition) is 2. The van der Waals surface area contributed by atoms with Gasteiger partial charge in [-0.1, -0.05) is 6.92 Å². The number of rotatable bonds is 3. The van der Waals surface area contributed by atoms with Gasteiger partial charge in [-0.15, -0.1) is 0 Å². The van der Waals surface area contributed by atoms with Crippen LogP contribution in [-0.4, -0.2) is 11.9 Å². The van der Waals surface area contributed by atoms with Crippen molar-refractivity contribution in [3.63, 3.8) is 0 Å². The Bertz CT molecular complexity index is 409. The van der Waals surface area contributed by atoms with Gasteiger partial charge < -0.3 is 11.1 Å². The van der Waals surface area contributed by atoms with Crippen LogP contribution < -0.4 is 11.1 Å². The topological polar surface area (TPSA) is 55.1 Å². The molecule has 16 heavy (non-hydrogen) atoms. The van der Waals surface area contributed by atoms with Crippen molar-refractivity contribution in [2.75, 3.05) is 5.32 Å². The van der Waals surface area contributed by atoms with Gasteiger partial charge in [0.25, 0.3) is 0 Å². The van der Waals surface area contributed by atoms with E-state index in [1.807, 2.05) is 5.32 Å². The van der Waals surface area contributed by atoms with Crippen LogP contribution in [0.1, 0.15) is 13.3 Å². The molecule has 1 aromatic carbocycles. The Morgan fingerprint density at radius 1 is 1.44 bits per heavy atom. The number of carbonyl (C=O) groups excluding carboxylic acids is 1. The van der Waals surface area contributed by atoms with Gasteiger partial charge in [0.15, 0.2) is 11.6 Å². The summed E-state index contributed by atoms with van der Waals surface area (Å²) in [5.74, 6) is -4.33. The fourth-order valence-corrected chi connectivity index (χ4v) is 1.06. The smallest absolute Gasteiger partial charge is 0.241 e. The Labute approximate surface area is 90.4 Å². The molecule has 0 aliphatic heterocycles. The van der Waals surface area contributed by atoms with Crippen LogP contribution in [0, 0.1) is 17.5 Å². The zero-order chi connectivity index (χ0) is 12.3. The summed E-state index contributed by atoms with van der Waals surface area (Å²) < 4.78 is 38.6. The molecule has 0 saturated carbocycles. The Morgan fingerprint density at radius 2 is 2.06 bits per heavy atom. The first-order valence-electron chi connectivity index (χ1n) is 4.66. The van der Waals surface area contributed by atoms with Crippen LogP contribution in [0.4, 0.5) is 18.9 Å². The summed E-state index contributed by atoms with van der Waals surface area (Å²) in [4.78, 5) is 11.3. The first-order valence-corrected chi connectivity index (χ1v) is 4.66. The molecule has 1 amide bonds. The lowest BCUT2D eigenvalue weighted by atomic mass is 10.2. The van der Waals surface area contributed by atoms with E-state index >= 15 is 0 Å². The van der Waals surface area contributed by atoms with E-state index in [1.54, 1.807) is 6.92 Å². The lowest BCUT2D eigenvalue weighted by Crippen LogP contribution is -2.35. The highest BCUT2D eigenvalue weighted by Crippen LogP contribution is 2.19. The Hall–Kier alpha value is -1.56. The van der Waals surface area contributed by atoms with Crippen molar-refractivity contribution in [3.8, 4) is 0 Å². The number of carbonyl (C=O) groups is 1. The fourth-order valence-electron chi connectivity index (χ4n) is 1.06. The molecule has 88 valence electrons. The molecule has 0 heterocycles. The first-order chi connectivity index (χ1) is 7.45. The molecule has 1 unspecified atom stereocenters. The van der Waals surface area contributed by atoms with E-state index in [1.165, 1.54) is 0 Å². The molecule has 0 saturated heterocycles. The van der Waals surface area contributed by atoms with Gasteiger partial charge in [0.2, 0.25) is 5.91 Å². The molecule has 1 aromatic rings. The molecule has 0 aliphatic carbocycles. The number of amides is 1. The summed E-state index contributed by atoms with van der Waals surface area (Å²) in [7, 11) is 0. The van der Waals surface area contributed by atoms with Crippen LogP contribution >= 0.6 is 0 Å². The molecule has 0 aliphatic rings. The second kappa shape index (κ2) is 4.98. The van der Waals surface area contributed by atoms with E-state index in [0.717, 1.165) is 0 Å². The molecule has 0 bridgehead atoms. The van der Waals surface area contributed by atoms with Gasteiger partial charge in [-0.2, -0.15) is 0 Å². The third kappa shape index (κ3) is 2.73. The predicted octanol–water partition coefficient (Wildman–Crippen LogP) is 1.78. The average Bonchev–Trinajstić information content (AvgIpc) is 2.23. The summed E-state index contributed by atoms with van der Waals surface area (Å²) >= 11 is 0. The number of halogens is 3. The van der Waals surface area contributed by atoms with E-state index < -0.39 is 35.1 Å². The van der Waals surface area contributed by atoms with E-state index in [2.05, 4.69) is 0 Å². The highest BCUT2D eigenvalue weighted by atomic mass is 19.2. The van der Waals surface area contributed by atoms with Crippen LogP contribution in [0.15, 0.2) is 12.1 Å². The van der Waals surface area contributed by atoms with Crippen LogP contribution in [0.25, 0.3) is 0 Å². The Morgan fingerprint density at radius 3 is 2.62 bits per heavy atom. The second-order valence-electron chi connectivity index (χ2n) is 3.25. The van der Waals surface area contributed by atoms with Crippen molar-refractivity contribution in [3.05, 3.63) is 29.6 Å². The summed E-state index contributed by atoms with van der Waals surface area (Å²) in [6.07, 6.45) is 0.339. The molecule has 0 radical (unpaired) electrons. The molecule has 0 fully saturated rings. The number of benzene rings is 1. The molecule has 3 nitrogen and oxygen atoms in total. The van der Waals surface area contributed by atoms with Gasteiger partial charge in [-0.25, -0.2) is 13.2 Å². The van der Waals surface area contributed by atoms with Gasteiger partial charge in [-0.3, -0.25) is 4.79 Å². The van der Waals surface area contributed by atoms with Crippen LogP contribution in [-0.2, 0) is 4.79 Å². The van der Waals surface area contributed by atoms with Gasteiger partial charge in [0.1, 0.15) is 5.82 Å². The highest BCUT2D eigenvalue weighted by Gasteiger charge is 2.16. The van der Waals surface area contributed by atoms with Crippen molar-refractivity contribution in [1.82, 2.24) is 0 Å². The minimum absolute atomic E-state index is 0.339.